The Morgan fingerprint density at radius 1 is 0.609 bits per heavy atom. The van der Waals surface area contributed by atoms with Gasteiger partial charge in [0.2, 0.25) is 0 Å². The molecule has 6 heteroatoms. The molecule has 0 aliphatic heterocycles. The molecule has 4 N–H and O–H groups in total. The first-order chi connectivity index (χ1) is 9.70. The molecular formula is C17H42Cl3N3. The largest absolute Gasteiger partial charge is 0.329 e. The van der Waals surface area contributed by atoms with E-state index in [1.54, 1.807) is 0 Å². The maximum Gasteiger partial charge on any atom is 0.0105 e. The molecular weight excluding hydrogens is 353 g/mol. The fourth-order valence-electron chi connectivity index (χ4n) is 2.65. The maximum atomic E-state index is 5.61. The second-order valence-corrected chi connectivity index (χ2v) is 6.43. The minimum Gasteiger partial charge on any atom is -0.329 e. The molecule has 0 amide bonds. The summed E-state index contributed by atoms with van der Waals surface area (Å²) >= 11 is 0. The van der Waals surface area contributed by atoms with E-state index in [-0.39, 0.29) is 37.2 Å². The third kappa shape index (κ3) is 25.1. The Labute approximate surface area is 163 Å². The molecule has 0 aliphatic rings. The Morgan fingerprint density at radius 2 is 1.00 bits per heavy atom. The van der Waals surface area contributed by atoms with Crippen molar-refractivity contribution < 1.29 is 0 Å². The summed E-state index contributed by atoms with van der Waals surface area (Å²) in [6.45, 7) is 9.28. The van der Waals surface area contributed by atoms with Gasteiger partial charge in [0, 0.05) is 26.2 Å². The topological polar surface area (TPSA) is 55.3 Å². The third-order valence-corrected chi connectivity index (χ3v) is 3.90. The molecule has 0 spiro atoms. The average molecular weight is 395 g/mol. The highest BCUT2D eigenvalue weighted by molar-refractivity contribution is 5.86. The summed E-state index contributed by atoms with van der Waals surface area (Å²) in [4.78, 5) is 2.39. The van der Waals surface area contributed by atoms with Crippen LogP contribution < -0.4 is 11.5 Å². The van der Waals surface area contributed by atoms with Crippen molar-refractivity contribution in [3.63, 3.8) is 0 Å². The molecule has 0 unspecified atom stereocenters. The van der Waals surface area contributed by atoms with E-state index >= 15 is 0 Å². The molecule has 146 valence electrons. The summed E-state index contributed by atoms with van der Waals surface area (Å²) < 4.78 is 0. The standard InChI is InChI=1S/C17H39N3.3ClH/c1-17(2)11-9-7-5-3-4-6-8-10-14-20(15-12-18)16-13-19;;;/h17H,3-16,18-19H2,1-2H3;3*1H. The van der Waals surface area contributed by atoms with Crippen LogP contribution in [0.4, 0.5) is 0 Å². The Kier molecular flexibility index (Phi) is 34.2. The summed E-state index contributed by atoms with van der Waals surface area (Å²) in [5.41, 5.74) is 11.2. The van der Waals surface area contributed by atoms with Crippen LogP contribution in [0.1, 0.15) is 71.6 Å². The highest BCUT2D eigenvalue weighted by atomic mass is 35.5. The minimum absolute atomic E-state index is 0. The zero-order valence-corrected chi connectivity index (χ0v) is 17.8. The summed E-state index contributed by atoms with van der Waals surface area (Å²) in [6.07, 6.45) is 12.6. The van der Waals surface area contributed by atoms with Crippen LogP contribution in [0.15, 0.2) is 0 Å². The van der Waals surface area contributed by atoms with E-state index in [2.05, 4.69) is 18.7 Å². The highest BCUT2D eigenvalue weighted by Crippen LogP contribution is 2.12. The number of hydrogen-bond acceptors (Lipinski definition) is 3. The molecule has 23 heavy (non-hydrogen) atoms. The van der Waals surface area contributed by atoms with Crippen LogP contribution in [-0.2, 0) is 0 Å². The number of rotatable bonds is 15. The van der Waals surface area contributed by atoms with Crippen molar-refractivity contribution >= 4 is 37.2 Å². The minimum atomic E-state index is 0. The SMILES string of the molecule is CC(C)CCCCCCCCCCN(CCN)CCN.Cl.Cl.Cl. The molecule has 3 nitrogen and oxygen atoms in total. The van der Waals surface area contributed by atoms with Crippen molar-refractivity contribution in [1.82, 2.24) is 4.90 Å². The lowest BCUT2D eigenvalue weighted by Crippen LogP contribution is -2.34. The molecule has 0 atom stereocenters. The summed E-state index contributed by atoms with van der Waals surface area (Å²) in [6, 6.07) is 0. The molecule has 0 saturated carbocycles. The molecule has 0 fully saturated rings. The number of nitrogens with zero attached hydrogens (tertiary/aromatic N) is 1. The number of unbranched alkanes of at least 4 members (excludes halogenated alkanes) is 7. The van der Waals surface area contributed by atoms with E-state index in [1.807, 2.05) is 0 Å². The maximum absolute atomic E-state index is 5.61. The Balaban J connectivity index is -0.000000602. The Morgan fingerprint density at radius 3 is 1.39 bits per heavy atom. The monoisotopic (exact) mass is 393 g/mol. The molecule has 0 rings (SSSR count). The fraction of sp³-hybridized carbons (Fsp3) is 1.00. The van der Waals surface area contributed by atoms with Crippen LogP contribution >= 0.6 is 37.2 Å². The van der Waals surface area contributed by atoms with Gasteiger partial charge in [0.05, 0.1) is 0 Å². The van der Waals surface area contributed by atoms with Gasteiger partial charge in [0.25, 0.3) is 0 Å². The zero-order chi connectivity index (χ0) is 15.1. The first kappa shape index (κ1) is 31.5. The van der Waals surface area contributed by atoms with Crippen LogP contribution in [0.5, 0.6) is 0 Å². The highest BCUT2D eigenvalue weighted by Gasteiger charge is 2.01. The zero-order valence-electron chi connectivity index (χ0n) is 15.3. The van der Waals surface area contributed by atoms with Crippen molar-refractivity contribution in [2.75, 3.05) is 32.7 Å². The van der Waals surface area contributed by atoms with Crippen LogP contribution in [-0.4, -0.2) is 37.6 Å². The van der Waals surface area contributed by atoms with Crippen molar-refractivity contribution in [3.05, 3.63) is 0 Å². The van der Waals surface area contributed by atoms with Crippen LogP contribution in [0.25, 0.3) is 0 Å². The van der Waals surface area contributed by atoms with E-state index < -0.39 is 0 Å². The van der Waals surface area contributed by atoms with Gasteiger partial charge in [0.1, 0.15) is 0 Å². The smallest absolute Gasteiger partial charge is 0.0105 e. The molecule has 0 aliphatic carbocycles. The van der Waals surface area contributed by atoms with Gasteiger partial charge in [-0.15, -0.1) is 37.2 Å². The van der Waals surface area contributed by atoms with Gasteiger partial charge in [-0.2, -0.15) is 0 Å². The lowest BCUT2D eigenvalue weighted by Gasteiger charge is -2.20. The van der Waals surface area contributed by atoms with E-state index in [1.165, 1.54) is 64.3 Å². The van der Waals surface area contributed by atoms with Crippen LogP contribution in [0.2, 0.25) is 0 Å². The van der Waals surface area contributed by atoms with E-state index in [0.717, 1.165) is 32.1 Å². The van der Waals surface area contributed by atoms with Crippen molar-refractivity contribution in [2.24, 2.45) is 17.4 Å². The first-order valence-corrected chi connectivity index (χ1v) is 8.83. The van der Waals surface area contributed by atoms with Gasteiger partial charge in [-0.05, 0) is 18.9 Å². The number of hydrogen-bond donors (Lipinski definition) is 2. The van der Waals surface area contributed by atoms with Gasteiger partial charge in [0.15, 0.2) is 0 Å². The van der Waals surface area contributed by atoms with Gasteiger partial charge in [-0.3, -0.25) is 0 Å². The average Bonchev–Trinajstić information content (AvgIpc) is 2.41. The van der Waals surface area contributed by atoms with Gasteiger partial charge >= 0.3 is 0 Å². The predicted molar refractivity (Wildman–Crippen MR) is 113 cm³/mol. The third-order valence-electron chi connectivity index (χ3n) is 3.90. The molecule has 0 aromatic rings. The van der Waals surface area contributed by atoms with Crippen molar-refractivity contribution in [3.8, 4) is 0 Å². The first-order valence-electron chi connectivity index (χ1n) is 8.83. The fourth-order valence-corrected chi connectivity index (χ4v) is 2.65. The van der Waals surface area contributed by atoms with Crippen molar-refractivity contribution in [2.45, 2.75) is 71.6 Å². The molecule has 0 aromatic heterocycles. The van der Waals surface area contributed by atoms with E-state index in [0.29, 0.717) is 0 Å². The molecule has 0 saturated heterocycles. The predicted octanol–water partition coefficient (Wildman–Crippen LogP) is 4.64. The molecule has 0 bridgehead atoms. The van der Waals surface area contributed by atoms with E-state index in [4.69, 9.17) is 11.5 Å². The quantitative estimate of drug-likeness (QED) is 0.398. The molecule has 0 aromatic carbocycles. The van der Waals surface area contributed by atoms with Crippen LogP contribution in [0.3, 0.4) is 0 Å². The lowest BCUT2D eigenvalue weighted by atomic mass is 10.0. The Hall–Kier alpha value is 0.750. The lowest BCUT2D eigenvalue weighted by molar-refractivity contribution is 0.281. The van der Waals surface area contributed by atoms with E-state index in [9.17, 15) is 0 Å². The van der Waals surface area contributed by atoms with Gasteiger partial charge in [-0.1, -0.05) is 65.2 Å². The second-order valence-electron chi connectivity index (χ2n) is 6.43. The van der Waals surface area contributed by atoms with Crippen molar-refractivity contribution in [1.29, 1.82) is 0 Å². The summed E-state index contributed by atoms with van der Waals surface area (Å²) in [7, 11) is 0. The number of halogens is 3. The normalized spacial score (nSPS) is 10.2. The van der Waals surface area contributed by atoms with Gasteiger partial charge < -0.3 is 16.4 Å². The summed E-state index contributed by atoms with van der Waals surface area (Å²) in [5, 5.41) is 0. The second kappa shape index (κ2) is 25.0. The van der Waals surface area contributed by atoms with Gasteiger partial charge in [-0.25, -0.2) is 0 Å². The molecule has 0 radical (unpaired) electrons. The summed E-state index contributed by atoms with van der Waals surface area (Å²) in [5.74, 6) is 0.875. The molecule has 0 heterocycles. The Bertz CT molecular complexity index is 190. The van der Waals surface area contributed by atoms with Crippen LogP contribution in [0, 0.1) is 5.92 Å². The number of nitrogens with two attached hydrogens (primary N) is 2.